The molecule has 0 aliphatic carbocycles. The van der Waals surface area contributed by atoms with Crippen molar-refractivity contribution in [3.05, 3.63) is 94.8 Å². The SMILES string of the molecule is CCCc1ccc(OCc2ccc(OCC(=N)c3ccc(C#N)cc3)cc2)cc1F. The van der Waals surface area contributed by atoms with Crippen molar-refractivity contribution in [3.63, 3.8) is 0 Å². The Kier molecular flexibility index (Phi) is 7.18. The van der Waals surface area contributed by atoms with Crippen LogP contribution in [-0.4, -0.2) is 12.3 Å². The van der Waals surface area contributed by atoms with Crippen LogP contribution in [0.4, 0.5) is 4.39 Å². The maximum Gasteiger partial charge on any atom is 0.130 e. The summed E-state index contributed by atoms with van der Waals surface area (Å²) in [4.78, 5) is 0. The van der Waals surface area contributed by atoms with E-state index in [9.17, 15) is 4.39 Å². The van der Waals surface area contributed by atoms with E-state index < -0.39 is 0 Å². The molecule has 0 bridgehead atoms. The van der Waals surface area contributed by atoms with Gasteiger partial charge in [0.05, 0.1) is 17.3 Å². The Hall–Kier alpha value is -3.65. The molecule has 4 nitrogen and oxygen atoms in total. The summed E-state index contributed by atoms with van der Waals surface area (Å²) in [5.74, 6) is 0.915. The van der Waals surface area contributed by atoms with E-state index in [0.717, 1.165) is 24.0 Å². The summed E-state index contributed by atoms with van der Waals surface area (Å²) in [7, 11) is 0. The number of nitriles is 1. The fourth-order valence-electron chi connectivity index (χ4n) is 2.92. The maximum atomic E-state index is 14.0. The van der Waals surface area contributed by atoms with Crippen LogP contribution in [0.3, 0.4) is 0 Å². The molecular weight excluding hydrogens is 379 g/mol. The van der Waals surface area contributed by atoms with E-state index in [2.05, 4.69) is 6.07 Å². The summed E-state index contributed by atoms with van der Waals surface area (Å²) >= 11 is 0. The monoisotopic (exact) mass is 402 g/mol. The van der Waals surface area contributed by atoms with Gasteiger partial charge in [-0.1, -0.05) is 43.7 Å². The van der Waals surface area contributed by atoms with E-state index >= 15 is 0 Å². The molecular formula is C25H23FN2O2. The number of ether oxygens (including phenoxy) is 2. The topological polar surface area (TPSA) is 66.1 Å². The Morgan fingerprint density at radius 3 is 2.30 bits per heavy atom. The molecule has 0 aliphatic rings. The summed E-state index contributed by atoms with van der Waals surface area (Å²) in [5.41, 5.74) is 3.25. The molecule has 152 valence electrons. The van der Waals surface area contributed by atoms with Crippen molar-refractivity contribution in [3.8, 4) is 17.6 Å². The predicted molar refractivity (Wildman–Crippen MR) is 115 cm³/mol. The molecule has 0 amide bonds. The minimum absolute atomic E-state index is 0.130. The van der Waals surface area contributed by atoms with Crippen LogP contribution in [0.25, 0.3) is 0 Å². The first-order chi connectivity index (χ1) is 14.6. The summed E-state index contributed by atoms with van der Waals surface area (Å²) in [6.07, 6.45) is 1.62. The number of benzene rings is 3. The van der Waals surface area contributed by atoms with E-state index in [-0.39, 0.29) is 12.4 Å². The molecule has 3 rings (SSSR count). The van der Waals surface area contributed by atoms with Gasteiger partial charge in [0.1, 0.15) is 30.5 Å². The predicted octanol–water partition coefficient (Wildman–Crippen LogP) is 5.68. The number of nitrogens with zero attached hydrogens (tertiary/aromatic N) is 1. The van der Waals surface area contributed by atoms with E-state index in [1.165, 1.54) is 6.07 Å². The van der Waals surface area contributed by atoms with E-state index in [1.54, 1.807) is 36.4 Å². The van der Waals surface area contributed by atoms with Crippen LogP contribution >= 0.6 is 0 Å². The highest BCUT2D eigenvalue weighted by atomic mass is 19.1. The Balaban J connectivity index is 1.50. The number of rotatable bonds is 9. The second-order valence-corrected chi connectivity index (χ2v) is 6.89. The minimum atomic E-state index is -0.234. The van der Waals surface area contributed by atoms with E-state index in [4.69, 9.17) is 20.1 Å². The fraction of sp³-hybridized carbons (Fsp3) is 0.200. The highest BCUT2D eigenvalue weighted by molar-refractivity contribution is 5.99. The number of nitrogens with one attached hydrogen (secondary N) is 1. The number of halogens is 1. The molecule has 0 saturated heterocycles. The number of aryl methyl sites for hydroxylation is 1. The minimum Gasteiger partial charge on any atom is -0.489 e. The highest BCUT2D eigenvalue weighted by Crippen LogP contribution is 2.20. The molecule has 5 heteroatoms. The summed E-state index contributed by atoms with van der Waals surface area (Å²) in [5, 5.41) is 16.9. The van der Waals surface area contributed by atoms with Crippen LogP contribution in [-0.2, 0) is 13.0 Å². The van der Waals surface area contributed by atoms with Gasteiger partial charge in [-0.25, -0.2) is 4.39 Å². The van der Waals surface area contributed by atoms with Crippen molar-refractivity contribution in [1.82, 2.24) is 0 Å². The van der Waals surface area contributed by atoms with Gasteiger partial charge >= 0.3 is 0 Å². The molecule has 0 radical (unpaired) electrons. The molecule has 0 aliphatic heterocycles. The molecule has 30 heavy (non-hydrogen) atoms. The molecule has 0 spiro atoms. The highest BCUT2D eigenvalue weighted by Gasteiger charge is 2.06. The average Bonchev–Trinajstić information content (AvgIpc) is 2.78. The average molecular weight is 402 g/mol. The largest absolute Gasteiger partial charge is 0.489 e. The lowest BCUT2D eigenvalue weighted by atomic mass is 10.1. The zero-order valence-electron chi connectivity index (χ0n) is 16.8. The van der Waals surface area contributed by atoms with Gasteiger partial charge in [0.15, 0.2) is 0 Å². The lowest BCUT2D eigenvalue weighted by Crippen LogP contribution is -2.11. The quantitative estimate of drug-likeness (QED) is 0.469. The number of hydrogen-bond acceptors (Lipinski definition) is 4. The van der Waals surface area contributed by atoms with E-state index in [0.29, 0.717) is 34.9 Å². The number of hydrogen-bond donors (Lipinski definition) is 1. The second kappa shape index (κ2) is 10.2. The van der Waals surface area contributed by atoms with Crippen molar-refractivity contribution in [2.24, 2.45) is 0 Å². The zero-order valence-corrected chi connectivity index (χ0v) is 16.8. The Morgan fingerprint density at radius 1 is 0.967 bits per heavy atom. The Bertz CT molecular complexity index is 1040. The van der Waals surface area contributed by atoms with Crippen LogP contribution in [0.5, 0.6) is 11.5 Å². The molecule has 0 saturated carbocycles. The first-order valence-electron chi connectivity index (χ1n) is 9.80. The molecule has 0 heterocycles. The van der Waals surface area contributed by atoms with Gasteiger partial charge < -0.3 is 14.9 Å². The first-order valence-corrected chi connectivity index (χ1v) is 9.80. The van der Waals surface area contributed by atoms with Crippen LogP contribution < -0.4 is 9.47 Å². The van der Waals surface area contributed by atoms with Gasteiger partial charge in [-0.05, 0) is 53.4 Å². The van der Waals surface area contributed by atoms with Crippen LogP contribution in [0, 0.1) is 22.6 Å². The van der Waals surface area contributed by atoms with Crippen LogP contribution in [0.1, 0.15) is 35.6 Å². The molecule has 3 aromatic rings. The smallest absolute Gasteiger partial charge is 0.130 e. The third-order valence-corrected chi connectivity index (χ3v) is 4.62. The first kappa shape index (κ1) is 21.1. The molecule has 0 atom stereocenters. The van der Waals surface area contributed by atoms with Gasteiger partial charge in [-0.3, -0.25) is 0 Å². The van der Waals surface area contributed by atoms with E-state index in [1.807, 2.05) is 31.2 Å². The fourth-order valence-corrected chi connectivity index (χ4v) is 2.92. The Morgan fingerprint density at radius 2 is 1.67 bits per heavy atom. The van der Waals surface area contributed by atoms with Gasteiger partial charge in [-0.15, -0.1) is 0 Å². The van der Waals surface area contributed by atoms with Gasteiger partial charge in [-0.2, -0.15) is 5.26 Å². The van der Waals surface area contributed by atoms with Crippen molar-refractivity contribution < 1.29 is 13.9 Å². The lowest BCUT2D eigenvalue weighted by Gasteiger charge is -2.10. The summed E-state index contributed by atoms with van der Waals surface area (Å²) in [6, 6.07) is 21.3. The van der Waals surface area contributed by atoms with Crippen molar-refractivity contribution in [2.45, 2.75) is 26.4 Å². The van der Waals surface area contributed by atoms with Gasteiger partial charge in [0.2, 0.25) is 0 Å². The summed E-state index contributed by atoms with van der Waals surface area (Å²) in [6.45, 7) is 2.48. The second-order valence-electron chi connectivity index (χ2n) is 6.89. The van der Waals surface area contributed by atoms with Crippen molar-refractivity contribution in [2.75, 3.05) is 6.61 Å². The standard InChI is InChI=1S/C25H23FN2O2/c1-2-3-20-10-13-23(14-24(20)26)29-16-19-6-11-22(12-7-19)30-17-25(28)21-8-4-18(15-27)5-9-21/h4-14,28H,2-3,16-17H2,1H3. The molecule has 0 unspecified atom stereocenters. The molecule has 0 aromatic heterocycles. The van der Waals surface area contributed by atoms with Gasteiger partial charge in [0, 0.05) is 6.07 Å². The lowest BCUT2D eigenvalue weighted by molar-refractivity contribution is 0.304. The maximum absolute atomic E-state index is 14.0. The third kappa shape index (κ3) is 5.68. The molecule has 1 N–H and O–H groups in total. The van der Waals surface area contributed by atoms with Crippen LogP contribution in [0.2, 0.25) is 0 Å². The normalized spacial score (nSPS) is 10.3. The van der Waals surface area contributed by atoms with Crippen molar-refractivity contribution >= 4 is 5.71 Å². The Labute approximate surface area is 176 Å². The molecule has 3 aromatic carbocycles. The third-order valence-electron chi connectivity index (χ3n) is 4.62. The molecule has 0 fully saturated rings. The summed E-state index contributed by atoms with van der Waals surface area (Å²) < 4.78 is 25.3. The van der Waals surface area contributed by atoms with Gasteiger partial charge in [0.25, 0.3) is 0 Å². The zero-order chi connectivity index (χ0) is 21.3. The van der Waals surface area contributed by atoms with Crippen LogP contribution in [0.15, 0.2) is 66.7 Å². The van der Waals surface area contributed by atoms with Crippen molar-refractivity contribution in [1.29, 1.82) is 10.7 Å².